The summed E-state index contributed by atoms with van der Waals surface area (Å²) < 4.78 is 12.4. The summed E-state index contributed by atoms with van der Waals surface area (Å²) in [6, 6.07) is 8.92. The largest absolute Gasteiger partial charge is 0.457 e. The molecule has 6 nitrogen and oxygen atoms in total. The van der Waals surface area contributed by atoms with E-state index in [4.69, 9.17) is 9.47 Å². The van der Waals surface area contributed by atoms with E-state index >= 15 is 0 Å². The van der Waals surface area contributed by atoms with Crippen LogP contribution in [0.3, 0.4) is 0 Å². The topological polar surface area (TPSA) is 82.6 Å². The fraction of sp³-hybridized carbons (Fsp3) is 0.467. The Hall–Kier alpha value is -3.12. The van der Waals surface area contributed by atoms with Crippen LogP contribution in [0.4, 0.5) is 0 Å². The second kappa shape index (κ2) is 7.00. The number of benzene rings is 1. The zero-order chi connectivity index (χ0) is 25.0. The minimum atomic E-state index is -1.43. The molecule has 1 aliphatic heterocycles. The molecule has 4 fully saturated rings. The number of nitrogens with zero attached hydrogens (tertiary/aromatic N) is 1. The molecule has 6 heteroatoms. The van der Waals surface area contributed by atoms with Crippen molar-refractivity contribution in [1.82, 2.24) is 4.98 Å². The molecule has 1 spiro atoms. The third kappa shape index (κ3) is 2.46. The van der Waals surface area contributed by atoms with Crippen molar-refractivity contribution in [2.24, 2.45) is 34.0 Å². The number of carbonyl (C=O) groups is 3. The van der Waals surface area contributed by atoms with Gasteiger partial charge in [0.25, 0.3) is 0 Å². The second-order valence-corrected chi connectivity index (χ2v) is 12.0. The molecule has 0 N–H and O–H groups in total. The summed E-state index contributed by atoms with van der Waals surface area (Å²) in [4.78, 5) is 46.2. The Labute approximate surface area is 209 Å². The van der Waals surface area contributed by atoms with Crippen LogP contribution in [0.2, 0.25) is 0 Å². The maximum absolute atomic E-state index is 14.4. The van der Waals surface area contributed by atoms with Crippen LogP contribution >= 0.6 is 0 Å². The van der Waals surface area contributed by atoms with Crippen LogP contribution in [0.1, 0.15) is 43.5 Å². The van der Waals surface area contributed by atoms with E-state index in [1.165, 1.54) is 0 Å². The van der Waals surface area contributed by atoms with Crippen LogP contribution in [0.5, 0.6) is 0 Å². The van der Waals surface area contributed by atoms with Crippen molar-refractivity contribution in [1.29, 1.82) is 0 Å². The molecule has 36 heavy (non-hydrogen) atoms. The summed E-state index contributed by atoms with van der Waals surface area (Å²) in [6.45, 7) is 8.91. The van der Waals surface area contributed by atoms with Gasteiger partial charge in [0.1, 0.15) is 17.6 Å². The van der Waals surface area contributed by atoms with Crippen LogP contribution in [0.25, 0.3) is 10.9 Å². The quantitative estimate of drug-likeness (QED) is 0.271. The maximum Gasteiger partial charge on any atom is 0.338 e. The first kappa shape index (κ1) is 22.1. The summed E-state index contributed by atoms with van der Waals surface area (Å²) in [6.07, 6.45) is 6.81. The Kier molecular flexibility index (Phi) is 4.30. The predicted molar refractivity (Wildman–Crippen MR) is 132 cm³/mol. The van der Waals surface area contributed by atoms with Gasteiger partial charge in [-0.15, -0.1) is 0 Å². The Balaban J connectivity index is 1.34. The number of esters is 1. The van der Waals surface area contributed by atoms with Crippen molar-refractivity contribution in [3.63, 3.8) is 0 Å². The molecule has 184 valence electrons. The summed E-state index contributed by atoms with van der Waals surface area (Å²) in [5.41, 5.74) is -0.409. The minimum Gasteiger partial charge on any atom is -0.457 e. The number of rotatable bonds is 2. The minimum absolute atomic E-state index is 0.000629. The average molecular weight is 484 g/mol. The number of ether oxygens (including phenoxy) is 2. The molecular weight excluding hydrogens is 454 g/mol. The third-order valence-corrected chi connectivity index (χ3v) is 9.94. The number of Topliss-reactive ketones (excluding diaryl/α,β-unsaturated/α-hetero) is 2. The monoisotopic (exact) mass is 483 g/mol. The molecule has 1 aromatic heterocycles. The number of hydrogen-bond donors (Lipinski definition) is 0. The lowest BCUT2D eigenvalue weighted by Crippen LogP contribution is -2.68. The Morgan fingerprint density at radius 1 is 1.19 bits per heavy atom. The highest BCUT2D eigenvalue weighted by Gasteiger charge is 2.80. The molecule has 0 unspecified atom stereocenters. The normalized spacial score (nSPS) is 39.7. The highest BCUT2D eigenvalue weighted by molar-refractivity contribution is 6.20. The van der Waals surface area contributed by atoms with Crippen LogP contribution < -0.4 is 0 Å². The zero-order valence-electron chi connectivity index (χ0n) is 20.5. The molecule has 7 atom stereocenters. The summed E-state index contributed by atoms with van der Waals surface area (Å²) in [5, 5.41) is 0.826. The van der Waals surface area contributed by atoms with Gasteiger partial charge < -0.3 is 9.47 Å². The van der Waals surface area contributed by atoms with Crippen molar-refractivity contribution in [3.05, 3.63) is 66.4 Å². The summed E-state index contributed by atoms with van der Waals surface area (Å²) >= 11 is 0. The van der Waals surface area contributed by atoms with Gasteiger partial charge in [-0.3, -0.25) is 14.6 Å². The van der Waals surface area contributed by atoms with Crippen LogP contribution in [-0.2, 0) is 19.1 Å². The van der Waals surface area contributed by atoms with Gasteiger partial charge in [-0.1, -0.05) is 38.6 Å². The zero-order valence-corrected chi connectivity index (χ0v) is 20.5. The number of allylic oxidation sites excluding steroid dienone is 1. The number of carbonyl (C=O) groups excluding carboxylic acids is 3. The Morgan fingerprint density at radius 2 is 2.03 bits per heavy atom. The van der Waals surface area contributed by atoms with Gasteiger partial charge in [0.05, 0.1) is 17.7 Å². The lowest BCUT2D eigenvalue weighted by atomic mass is 9.41. The van der Waals surface area contributed by atoms with Gasteiger partial charge in [0.15, 0.2) is 11.6 Å². The maximum atomic E-state index is 14.4. The molecule has 4 aliphatic carbocycles. The van der Waals surface area contributed by atoms with Crippen molar-refractivity contribution < 1.29 is 23.9 Å². The first-order valence-electron chi connectivity index (χ1n) is 12.8. The molecule has 0 amide bonds. The third-order valence-electron chi connectivity index (χ3n) is 9.94. The van der Waals surface area contributed by atoms with E-state index in [-0.39, 0.29) is 34.7 Å². The Morgan fingerprint density at radius 3 is 2.86 bits per heavy atom. The fourth-order valence-electron chi connectivity index (χ4n) is 8.59. The molecule has 2 heterocycles. The highest BCUT2D eigenvalue weighted by atomic mass is 16.5. The first-order chi connectivity index (χ1) is 17.2. The van der Waals surface area contributed by atoms with Gasteiger partial charge in [-0.25, -0.2) is 4.79 Å². The van der Waals surface area contributed by atoms with Crippen molar-refractivity contribution in [3.8, 4) is 0 Å². The molecule has 4 bridgehead atoms. The predicted octanol–water partition coefficient (Wildman–Crippen LogP) is 4.48. The van der Waals surface area contributed by atoms with E-state index in [0.29, 0.717) is 30.6 Å². The number of hydrogen-bond acceptors (Lipinski definition) is 6. The van der Waals surface area contributed by atoms with Gasteiger partial charge in [0, 0.05) is 28.8 Å². The molecule has 1 saturated heterocycles. The van der Waals surface area contributed by atoms with E-state index in [0.717, 1.165) is 17.3 Å². The molecule has 5 aliphatic rings. The first-order valence-corrected chi connectivity index (χ1v) is 12.8. The van der Waals surface area contributed by atoms with Crippen molar-refractivity contribution in [2.45, 2.75) is 45.3 Å². The number of pyridine rings is 1. The standard InChI is InChI=1S/C30H29NO5/c1-16-19-8-10-21-29-12-5-11-28(2,3)23(29)22(35-15-29)25(33)30(21,24(16)32)26(19)36-27(34)18-7-9-20-17(14-18)6-4-13-31-20/h4-7,9,12-14,19,21-23,26H,1,8,10-11,15H2,2-3H3/t19-,21-,22+,23+,26+,29+,30+/m0/s1. The van der Waals surface area contributed by atoms with E-state index < -0.39 is 29.0 Å². The molecule has 1 aromatic carbocycles. The summed E-state index contributed by atoms with van der Waals surface area (Å²) in [7, 11) is 0. The molecule has 3 saturated carbocycles. The molecule has 2 aromatic rings. The SMILES string of the molecule is C=C1C(=O)[C@@]23C(=O)[C@@H]4OC[C@]5(C=CCC(C)(C)[C@@H]45)[C@@H]2CC[C@@H]1[C@H]3OC(=O)c1ccc2ncccc2c1. The van der Waals surface area contributed by atoms with E-state index in [1.54, 1.807) is 24.4 Å². The van der Waals surface area contributed by atoms with Crippen molar-refractivity contribution in [2.75, 3.05) is 6.61 Å². The van der Waals surface area contributed by atoms with Gasteiger partial charge in [-0.2, -0.15) is 0 Å². The average Bonchev–Trinajstić information content (AvgIpc) is 3.29. The van der Waals surface area contributed by atoms with Gasteiger partial charge in [0.2, 0.25) is 0 Å². The number of aromatic nitrogens is 1. The van der Waals surface area contributed by atoms with Gasteiger partial charge >= 0.3 is 5.97 Å². The second-order valence-electron chi connectivity index (χ2n) is 12.0. The molecule has 0 radical (unpaired) electrons. The van der Waals surface area contributed by atoms with Crippen LogP contribution in [0, 0.1) is 34.0 Å². The number of fused-ring (bicyclic) bond motifs is 2. The van der Waals surface area contributed by atoms with E-state index in [9.17, 15) is 14.4 Å². The van der Waals surface area contributed by atoms with E-state index in [1.807, 2.05) is 12.1 Å². The highest BCUT2D eigenvalue weighted by Crippen LogP contribution is 2.71. The van der Waals surface area contributed by atoms with Gasteiger partial charge in [-0.05, 0) is 60.4 Å². The fourth-order valence-corrected chi connectivity index (χ4v) is 8.59. The smallest absolute Gasteiger partial charge is 0.338 e. The van der Waals surface area contributed by atoms with Crippen LogP contribution in [0.15, 0.2) is 60.8 Å². The number of ketones is 2. The van der Waals surface area contributed by atoms with Crippen molar-refractivity contribution >= 4 is 28.4 Å². The summed E-state index contributed by atoms with van der Waals surface area (Å²) in [5.74, 6) is -1.61. The lowest BCUT2D eigenvalue weighted by Gasteiger charge is -2.59. The van der Waals surface area contributed by atoms with E-state index in [2.05, 4.69) is 37.6 Å². The van der Waals surface area contributed by atoms with Crippen LogP contribution in [-0.4, -0.2) is 41.3 Å². The molecule has 7 rings (SSSR count). The molecular formula is C30H29NO5. The lowest BCUT2D eigenvalue weighted by molar-refractivity contribution is -0.178. The Bertz CT molecular complexity index is 1410.